The van der Waals surface area contributed by atoms with Gasteiger partial charge in [-0.25, -0.2) is 4.79 Å². The van der Waals surface area contributed by atoms with Crippen molar-refractivity contribution in [3.8, 4) is 11.3 Å². The summed E-state index contributed by atoms with van der Waals surface area (Å²) in [5.74, 6) is -0.480. The fourth-order valence-corrected chi connectivity index (χ4v) is 2.55. The van der Waals surface area contributed by atoms with Gasteiger partial charge in [-0.05, 0) is 37.5 Å². The Morgan fingerprint density at radius 3 is 2.45 bits per heavy atom. The summed E-state index contributed by atoms with van der Waals surface area (Å²) in [6.07, 6.45) is 0. The number of carbonyl (C=O) groups is 1. The zero-order valence-corrected chi connectivity index (χ0v) is 12.5. The van der Waals surface area contributed by atoms with Gasteiger partial charge >= 0.3 is 5.97 Å². The van der Waals surface area contributed by atoms with E-state index in [9.17, 15) is 9.90 Å². The molecule has 0 unspecified atom stereocenters. The van der Waals surface area contributed by atoms with Gasteiger partial charge in [0, 0.05) is 17.8 Å². The van der Waals surface area contributed by atoms with Gasteiger partial charge in [-0.1, -0.05) is 37.6 Å². The largest absolute Gasteiger partial charge is 0.477 e. The molecule has 1 N–H and O–H groups in total. The Bertz CT molecular complexity index is 638. The fraction of sp³-hybridized carbons (Fsp3) is 0.353. The lowest BCUT2D eigenvalue weighted by atomic mass is 10.0. The van der Waals surface area contributed by atoms with E-state index in [1.54, 1.807) is 6.07 Å². The zero-order chi connectivity index (χ0) is 14.9. The predicted molar refractivity (Wildman–Crippen MR) is 81.1 cm³/mol. The van der Waals surface area contributed by atoms with E-state index < -0.39 is 5.97 Å². The van der Waals surface area contributed by atoms with Gasteiger partial charge in [0.25, 0.3) is 0 Å². The normalized spacial score (nSPS) is 11.1. The van der Waals surface area contributed by atoms with Crippen molar-refractivity contribution in [1.29, 1.82) is 0 Å². The lowest BCUT2D eigenvalue weighted by Crippen LogP contribution is -2.13. The lowest BCUT2D eigenvalue weighted by molar-refractivity contribution is 0.0684. The summed E-state index contributed by atoms with van der Waals surface area (Å²) >= 11 is 0. The second kappa shape index (κ2) is 5.53. The average molecular weight is 271 g/mol. The second-order valence-corrected chi connectivity index (χ2v) is 5.73. The van der Waals surface area contributed by atoms with Gasteiger partial charge in [0.1, 0.15) is 5.69 Å². The third-order valence-electron chi connectivity index (χ3n) is 3.41. The first-order valence-corrected chi connectivity index (χ1v) is 6.90. The molecule has 106 valence electrons. The summed E-state index contributed by atoms with van der Waals surface area (Å²) in [7, 11) is 0. The highest BCUT2D eigenvalue weighted by molar-refractivity contribution is 5.87. The van der Waals surface area contributed by atoms with E-state index in [-0.39, 0.29) is 0 Å². The van der Waals surface area contributed by atoms with E-state index in [0.717, 1.165) is 11.3 Å². The van der Waals surface area contributed by atoms with Gasteiger partial charge in [-0.15, -0.1) is 0 Å². The van der Waals surface area contributed by atoms with Gasteiger partial charge in [0.2, 0.25) is 0 Å². The van der Waals surface area contributed by atoms with Crippen LogP contribution in [-0.2, 0) is 6.54 Å². The van der Waals surface area contributed by atoms with Crippen LogP contribution in [0.4, 0.5) is 0 Å². The van der Waals surface area contributed by atoms with Crippen LogP contribution >= 0.6 is 0 Å². The molecule has 1 heterocycles. The van der Waals surface area contributed by atoms with Gasteiger partial charge in [0.15, 0.2) is 0 Å². The SMILES string of the molecule is Cc1ccc(-c2ccc(C(=O)O)n2CC(C)C)c(C)c1. The molecular formula is C17H21NO2. The molecule has 3 heteroatoms. The highest BCUT2D eigenvalue weighted by Crippen LogP contribution is 2.27. The van der Waals surface area contributed by atoms with Crippen LogP contribution in [0.15, 0.2) is 30.3 Å². The van der Waals surface area contributed by atoms with Crippen molar-refractivity contribution >= 4 is 5.97 Å². The molecule has 0 aliphatic rings. The Balaban J connectivity index is 2.58. The molecule has 0 atom stereocenters. The van der Waals surface area contributed by atoms with Crippen LogP contribution in [0.5, 0.6) is 0 Å². The number of carboxylic acid groups (broad SMARTS) is 1. The van der Waals surface area contributed by atoms with Crippen molar-refractivity contribution in [2.45, 2.75) is 34.2 Å². The van der Waals surface area contributed by atoms with Crippen LogP contribution in [0.1, 0.15) is 35.5 Å². The lowest BCUT2D eigenvalue weighted by Gasteiger charge is -2.15. The molecule has 2 aromatic rings. The van der Waals surface area contributed by atoms with E-state index in [1.807, 2.05) is 10.6 Å². The topological polar surface area (TPSA) is 42.2 Å². The van der Waals surface area contributed by atoms with Crippen molar-refractivity contribution in [2.24, 2.45) is 5.92 Å². The molecule has 20 heavy (non-hydrogen) atoms. The number of nitrogens with zero attached hydrogens (tertiary/aromatic N) is 1. The van der Waals surface area contributed by atoms with Crippen LogP contribution in [0.25, 0.3) is 11.3 Å². The number of carboxylic acids is 1. The Hall–Kier alpha value is -2.03. The molecular weight excluding hydrogens is 250 g/mol. The average Bonchev–Trinajstić information content (AvgIpc) is 2.72. The number of benzene rings is 1. The first-order chi connectivity index (χ1) is 9.40. The molecule has 0 bridgehead atoms. The maximum absolute atomic E-state index is 11.4. The third kappa shape index (κ3) is 2.77. The fourth-order valence-electron chi connectivity index (χ4n) is 2.55. The Kier molecular flexibility index (Phi) is 3.98. The van der Waals surface area contributed by atoms with E-state index in [2.05, 4.69) is 45.9 Å². The zero-order valence-electron chi connectivity index (χ0n) is 12.5. The highest BCUT2D eigenvalue weighted by atomic mass is 16.4. The Morgan fingerprint density at radius 2 is 1.90 bits per heavy atom. The maximum atomic E-state index is 11.4. The third-order valence-corrected chi connectivity index (χ3v) is 3.41. The Morgan fingerprint density at radius 1 is 1.20 bits per heavy atom. The molecule has 1 aromatic heterocycles. The summed E-state index contributed by atoms with van der Waals surface area (Å²) in [6, 6.07) is 9.86. The molecule has 2 rings (SSSR count). The number of aryl methyl sites for hydroxylation is 2. The quantitative estimate of drug-likeness (QED) is 0.908. The predicted octanol–water partition coefficient (Wildman–Crippen LogP) is 4.13. The number of aromatic carboxylic acids is 1. The van der Waals surface area contributed by atoms with Crippen LogP contribution < -0.4 is 0 Å². The van der Waals surface area contributed by atoms with Crippen molar-refractivity contribution in [1.82, 2.24) is 4.57 Å². The Labute approximate surface area is 119 Å². The summed E-state index contributed by atoms with van der Waals surface area (Å²) in [6.45, 7) is 9.02. The van der Waals surface area contributed by atoms with Crippen LogP contribution in [0, 0.1) is 19.8 Å². The smallest absolute Gasteiger partial charge is 0.352 e. The molecule has 0 spiro atoms. The van der Waals surface area contributed by atoms with Crippen LogP contribution in [-0.4, -0.2) is 15.6 Å². The summed E-state index contributed by atoms with van der Waals surface area (Å²) < 4.78 is 1.91. The van der Waals surface area contributed by atoms with E-state index in [4.69, 9.17) is 0 Å². The summed E-state index contributed by atoms with van der Waals surface area (Å²) in [5.41, 5.74) is 4.82. The molecule has 1 aromatic carbocycles. The first kappa shape index (κ1) is 14.4. The van der Waals surface area contributed by atoms with Crippen LogP contribution in [0.2, 0.25) is 0 Å². The number of aromatic nitrogens is 1. The van der Waals surface area contributed by atoms with Crippen molar-refractivity contribution in [3.05, 3.63) is 47.2 Å². The number of hydrogen-bond donors (Lipinski definition) is 1. The van der Waals surface area contributed by atoms with Crippen LogP contribution in [0.3, 0.4) is 0 Å². The number of hydrogen-bond acceptors (Lipinski definition) is 1. The van der Waals surface area contributed by atoms with E-state index in [1.165, 1.54) is 11.1 Å². The van der Waals surface area contributed by atoms with E-state index >= 15 is 0 Å². The molecule has 0 saturated heterocycles. The van der Waals surface area contributed by atoms with Gasteiger partial charge < -0.3 is 9.67 Å². The molecule has 0 amide bonds. The maximum Gasteiger partial charge on any atom is 0.352 e. The minimum absolute atomic E-state index is 0.355. The second-order valence-electron chi connectivity index (χ2n) is 5.73. The van der Waals surface area contributed by atoms with Gasteiger partial charge in [-0.2, -0.15) is 0 Å². The summed E-state index contributed by atoms with van der Waals surface area (Å²) in [5, 5.41) is 9.33. The minimum Gasteiger partial charge on any atom is -0.477 e. The van der Waals surface area contributed by atoms with Crippen molar-refractivity contribution < 1.29 is 9.90 Å². The van der Waals surface area contributed by atoms with Gasteiger partial charge in [0.05, 0.1) is 0 Å². The highest BCUT2D eigenvalue weighted by Gasteiger charge is 2.17. The summed E-state index contributed by atoms with van der Waals surface area (Å²) in [4.78, 5) is 11.4. The molecule has 0 fully saturated rings. The van der Waals surface area contributed by atoms with Crippen molar-refractivity contribution in [2.75, 3.05) is 0 Å². The monoisotopic (exact) mass is 271 g/mol. The molecule has 0 aliphatic carbocycles. The standard InChI is InChI=1S/C17H21NO2/c1-11(2)10-18-15(7-8-16(18)17(19)20)14-6-5-12(3)9-13(14)4/h5-9,11H,10H2,1-4H3,(H,19,20). The molecule has 3 nitrogen and oxygen atoms in total. The molecule has 0 aliphatic heterocycles. The van der Waals surface area contributed by atoms with E-state index in [0.29, 0.717) is 18.2 Å². The molecule has 0 saturated carbocycles. The van der Waals surface area contributed by atoms with Gasteiger partial charge in [-0.3, -0.25) is 0 Å². The minimum atomic E-state index is -0.873. The number of rotatable bonds is 4. The van der Waals surface area contributed by atoms with Crippen molar-refractivity contribution in [3.63, 3.8) is 0 Å². The molecule has 0 radical (unpaired) electrons. The first-order valence-electron chi connectivity index (χ1n) is 6.90.